The van der Waals surface area contributed by atoms with Crippen LogP contribution in [0.1, 0.15) is 25.0 Å². The molecule has 8 heteroatoms. The van der Waals surface area contributed by atoms with Crippen LogP contribution < -0.4 is 10.6 Å². The number of nitrogens with one attached hydrogen (secondary N) is 2. The molecule has 0 saturated heterocycles. The third kappa shape index (κ3) is 6.49. The van der Waals surface area contributed by atoms with Gasteiger partial charge in [0.25, 0.3) is 0 Å². The summed E-state index contributed by atoms with van der Waals surface area (Å²) in [4.78, 5) is 4.05. The van der Waals surface area contributed by atoms with E-state index in [4.69, 9.17) is 0 Å². The van der Waals surface area contributed by atoms with E-state index in [1.54, 1.807) is 0 Å². The lowest BCUT2D eigenvalue weighted by molar-refractivity contribution is -0.138. The molecule has 0 heterocycles. The molecule has 2 N–H and O–H groups in total. The summed E-state index contributed by atoms with van der Waals surface area (Å²) in [6, 6.07) is 2.60. The lowest BCUT2D eigenvalue weighted by atomic mass is 10.1. The summed E-state index contributed by atoms with van der Waals surface area (Å²) >= 11 is 0. The lowest BCUT2D eigenvalue weighted by Gasteiger charge is -2.13. The van der Waals surface area contributed by atoms with Gasteiger partial charge in [-0.25, -0.2) is 9.38 Å². The van der Waals surface area contributed by atoms with Crippen molar-refractivity contribution in [3.05, 3.63) is 35.1 Å². The Morgan fingerprint density at radius 2 is 1.71 bits per heavy atom. The summed E-state index contributed by atoms with van der Waals surface area (Å²) < 4.78 is 51.4. The Bertz CT molecular complexity index is 467. The number of halogens is 5. The van der Waals surface area contributed by atoms with Crippen molar-refractivity contribution in [1.29, 1.82) is 0 Å². The first-order chi connectivity index (χ1) is 9.38. The maximum atomic E-state index is 13.0. The zero-order valence-electron chi connectivity index (χ0n) is 11.7. The zero-order chi connectivity index (χ0) is 15.2. The minimum Gasteiger partial charge on any atom is -0.357 e. The van der Waals surface area contributed by atoms with Gasteiger partial charge in [0.1, 0.15) is 5.82 Å². The van der Waals surface area contributed by atoms with Crippen molar-refractivity contribution in [2.45, 2.75) is 26.6 Å². The van der Waals surface area contributed by atoms with E-state index in [1.807, 2.05) is 13.8 Å². The highest BCUT2D eigenvalue weighted by Crippen LogP contribution is 2.32. The van der Waals surface area contributed by atoms with Crippen LogP contribution in [-0.2, 0) is 12.7 Å². The van der Waals surface area contributed by atoms with Gasteiger partial charge in [0, 0.05) is 13.1 Å². The van der Waals surface area contributed by atoms with E-state index in [-0.39, 0.29) is 36.1 Å². The van der Waals surface area contributed by atoms with Crippen LogP contribution in [0.2, 0.25) is 0 Å². The second-order valence-corrected chi connectivity index (χ2v) is 4.02. The number of benzene rings is 1. The molecule has 0 saturated carbocycles. The maximum absolute atomic E-state index is 13.0. The number of nitrogens with zero attached hydrogens (tertiary/aromatic N) is 1. The summed E-state index contributed by atoms with van der Waals surface area (Å²) in [5.74, 6) is -0.490. The quantitative estimate of drug-likeness (QED) is 0.339. The molecule has 1 aromatic carbocycles. The van der Waals surface area contributed by atoms with E-state index < -0.39 is 17.6 Å². The molecule has 0 aromatic heterocycles. The number of alkyl halides is 3. The lowest BCUT2D eigenvalue weighted by Crippen LogP contribution is -2.37. The van der Waals surface area contributed by atoms with Gasteiger partial charge in [-0.1, -0.05) is 6.07 Å². The molecule has 21 heavy (non-hydrogen) atoms. The largest absolute Gasteiger partial charge is 0.416 e. The number of guanidine groups is 1. The van der Waals surface area contributed by atoms with Gasteiger partial charge in [-0.05, 0) is 31.5 Å². The van der Waals surface area contributed by atoms with Crippen LogP contribution in [0.25, 0.3) is 0 Å². The Labute approximate surface area is 138 Å². The molecule has 3 nitrogen and oxygen atoms in total. The summed E-state index contributed by atoms with van der Waals surface area (Å²) in [6.07, 6.45) is -4.59. The second-order valence-electron chi connectivity index (χ2n) is 4.02. The van der Waals surface area contributed by atoms with Crippen LogP contribution in [0.5, 0.6) is 0 Å². The van der Waals surface area contributed by atoms with Crippen molar-refractivity contribution in [2.75, 3.05) is 13.1 Å². The van der Waals surface area contributed by atoms with E-state index in [9.17, 15) is 17.6 Å². The van der Waals surface area contributed by atoms with Crippen LogP contribution in [0.3, 0.4) is 0 Å². The van der Waals surface area contributed by atoms with E-state index >= 15 is 0 Å². The SMILES string of the molecule is CCNC(=NCc1ccc(F)cc1C(F)(F)F)NCC.I. The van der Waals surface area contributed by atoms with Gasteiger partial charge < -0.3 is 10.6 Å². The number of hydrogen-bond acceptors (Lipinski definition) is 1. The summed E-state index contributed by atoms with van der Waals surface area (Å²) in [7, 11) is 0. The second kappa shape index (κ2) is 9.06. The molecule has 0 amide bonds. The number of hydrogen-bond donors (Lipinski definition) is 2. The fourth-order valence-electron chi connectivity index (χ4n) is 1.62. The number of rotatable bonds is 4. The molecule has 0 aliphatic carbocycles. The third-order valence-corrected chi connectivity index (χ3v) is 2.47. The van der Waals surface area contributed by atoms with Crippen LogP contribution in [0, 0.1) is 5.82 Å². The molecule has 0 atom stereocenters. The first kappa shape index (κ1) is 19.9. The Kier molecular flexibility index (Phi) is 8.60. The van der Waals surface area contributed by atoms with Crippen LogP contribution in [-0.4, -0.2) is 19.0 Å². The smallest absolute Gasteiger partial charge is 0.357 e. The van der Waals surface area contributed by atoms with Gasteiger partial charge in [-0.3, -0.25) is 0 Å². The average Bonchev–Trinajstić information content (AvgIpc) is 2.36. The minimum absolute atomic E-state index is 0. The third-order valence-electron chi connectivity index (χ3n) is 2.47. The minimum atomic E-state index is -4.59. The molecule has 1 rings (SSSR count). The first-order valence-corrected chi connectivity index (χ1v) is 6.26. The standard InChI is InChI=1S/C13H17F4N3.HI/c1-3-18-12(19-4-2)20-8-9-5-6-10(14)7-11(9)13(15,16)17;/h5-7H,3-4,8H2,1-2H3,(H2,18,19,20);1H. The predicted molar refractivity (Wildman–Crippen MR) is 85.3 cm³/mol. The van der Waals surface area contributed by atoms with Gasteiger partial charge in [0.05, 0.1) is 12.1 Å². The van der Waals surface area contributed by atoms with Gasteiger partial charge in [0.2, 0.25) is 0 Å². The maximum Gasteiger partial charge on any atom is 0.416 e. The fraction of sp³-hybridized carbons (Fsp3) is 0.462. The topological polar surface area (TPSA) is 36.4 Å². The molecular weight excluding hydrogens is 401 g/mol. The normalized spacial score (nSPS) is 10.6. The Morgan fingerprint density at radius 1 is 1.14 bits per heavy atom. The van der Waals surface area contributed by atoms with Gasteiger partial charge in [0.15, 0.2) is 5.96 Å². The molecule has 1 aromatic rings. The summed E-state index contributed by atoms with van der Waals surface area (Å²) in [5.41, 5.74) is -1.05. The summed E-state index contributed by atoms with van der Waals surface area (Å²) in [5, 5.41) is 5.81. The van der Waals surface area contributed by atoms with Gasteiger partial charge >= 0.3 is 6.18 Å². The average molecular weight is 419 g/mol. The van der Waals surface area contributed by atoms with E-state index in [0.29, 0.717) is 25.1 Å². The van der Waals surface area contributed by atoms with Gasteiger partial charge in [-0.15, -0.1) is 24.0 Å². The van der Waals surface area contributed by atoms with Gasteiger partial charge in [-0.2, -0.15) is 13.2 Å². The molecule has 0 radical (unpaired) electrons. The van der Waals surface area contributed by atoms with Crippen LogP contribution in [0.15, 0.2) is 23.2 Å². The van der Waals surface area contributed by atoms with E-state index in [0.717, 1.165) is 12.1 Å². The van der Waals surface area contributed by atoms with Crippen molar-refractivity contribution in [2.24, 2.45) is 4.99 Å². The summed E-state index contributed by atoms with van der Waals surface area (Å²) in [6.45, 7) is 4.73. The predicted octanol–water partition coefficient (Wildman–Crippen LogP) is 3.54. The Hall–Kier alpha value is -1.06. The molecule has 0 aliphatic rings. The molecular formula is C13H18F4IN3. The van der Waals surface area contributed by atoms with E-state index in [1.165, 1.54) is 0 Å². The van der Waals surface area contributed by atoms with Crippen molar-refractivity contribution < 1.29 is 17.6 Å². The molecule has 120 valence electrons. The number of aliphatic imine (C=N–C) groups is 1. The monoisotopic (exact) mass is 419 g/mol. The molecule has 0 aliphatic heterocycles. The fourth-order valence-corrected chi connectivity index (χ4v) is 1.62. The highest BCUT2D eigenvalue weighted by molar-refractivity contribution is 14.0. The molecule has 0 fully saturated rings. The first-order valence-electron chi connectivity index (χ1n) is 6.26. The van der Waals surface area contributed by atoms with Crippen molar-refractivity contribution in [3.63, 3.8) is 0 Å². The van der Waals surface area contributed by atoms with E-state index in [2.05, 4.69) is 15.6 Å². The highest BCUT2D eigenvalue weighted by atomic mass is 127. The van der Waals surface area contributed by atoms with Crippen LogP contribution >= 0.6 is 24.0 Å². The highest BCUT2D eigenvalue weighted by Gasteiger charge is 2.33. The van der Waals surface area contributed by atoms with Crippen LogP contribution in [0.4, 0.5) is 17.6 Å². The van der Waals surface area contributed by atoms with Crippen molar-refractivity contribution in [3.8, 4) is 0 Å². The Balaban J connectivity index is 0.00000400. The van der Waals surface area contributed by atoms with Crippen molar-refractivity contribution in [1.82, 2.24) is 10.6 Å². The molecule has 0 spiro atoms. The Morgan fingerprint density at radius 3 is 2.19 bits per heavy atom. The van der Waals surface area contributed by atoms with Crippen molar-refractivity contribution >= 4 is 29.9 Å². The zero-order valence-corrected chi connectivity index (χ0v) is 14.1. The molecule has 0 bridgehead atoms. The molecule has 0 unspecified atom stereocenters.